The van der Waals surface area contributed by atoms with Gasteiger partial charge in [0.2, 0.25) is 11.8 Å². The Hall–Kier alpha value is -2.33. The van der Waals surface area contributed by atoms with Crippen molar-refractivity contribution in [1.29, 1.82) is 0 Å². The van der Waals surface area contributed by atoms with Crippen molar-refractivity contribution in [1.82, 2.24) is 9.97 Å². The van der Waals surface area contributed by atoms with Gasteiger partial charge in [0.1, 0.15) is 11.5 Å². The molecule has 0 saturated heterocycles. The molecule has 1 heterocycles. The highest BCUT2D eigenvalue weighted by molar-refractivity contribution is 9.10. The zero-order valence-corrected chi connectivity index (χ0v) is 12.3. The highest BCUT2D eigenvalue weighted by Gasteiger charge is 2.22. The summed E-state index contributed by atoms with van der Waals surface area (Å²) in [5.74, 6) is 4.76. The summed E-state index contributed by atoms with van der Waals surface area (Å²) in [7, 11) is 0. The van der Waals surface area contributed by atoms with Gasteiger partial charge in [-0.25, -0.2) is 15.2 Å². The standard InChI is InChI=1S/C11H10BrFN6O2/c1-5-9(19(20)21)10(17-11(15-5)18-14)16-8-3-2-6(13)4-7(8)12/h2-4H,14H2,1H3,(H2,15,16,17,18). The SMILES string of the molecule is Cc1nc(NN)nc(Nc2ccc(F)cc2Br)c1[N+](=O)[O-]. The summed E-state index contributed by atoms with van der Waals surface area (Å²) in [6.45, 7) is 1.46. The average Bonchev–Trinajstić information content (AvgIpc) is 2.40. The molecule has 0 radical (unpaired) electrons. The molecular formula is C11H10BrFN6O2. The fraction of sp³-hybridized carbons (Fsp3) is 0.0909. The molecule has 4 N–H and O–H groups in total. The molecule has 0 aliphatic carbocycles. The highest BCUT2D eigenvalue weighted by atomic mass is 79.9. The van der Waals surface area contributed by atoms with E-state index >= 15 is 0 Å². The molecule has 0 aliphatic rings. The molecule has 0 unspecified atom stereocenters. The number of rotatable bonds is 4. The summed E-state index contributed by atoms with van der Waals surface area (Å²) < 4.78 is 13.5. The van der Waals surface area contributed by atoms with Crippen molar-refractivity contribution < 1.29 is 9.31 Å². The minimum atomic E-state index is -0.602. The summed E-state index contributed by atoms with van der Waals surface area (Å²) in [5.41, 5.74) is 2.50. The topological polar surface area (TPSA) is 119 Å². The van der Waals surface area contributed by atoms with Crippen molar-refractivity contribution >= 4 is 39.1 Å². The van der Waals surface area contributed by atoms with Crippen molar-refractivity contribution in [3.05, 3.63) is 44.3 Å². The van der Waals surface area contributed by atoms with E-state index in [1.165, 1.54) is 25.1 Å². The van der Waals surface area contributed by atoms with Crippen LogP contribution in [-0.4, -0.2) is 14.9 Å². The van der Waals surface area contributed by atoms with Crippen LogP contribution in [0.25, 0.3) is 0 Å². The number of hydrogen-bond acceptors (Lipinski definition) is 7. The van der Waals surface area contributed by atoms with Crippen LogP contribution in [0.15, 0.2) is 22.7 Å². The Morgan fingerprint density at radius 3 is 2.71 bits per heavy atom. The van der Waals surface area contributed by atoms with Gasteiger partial charge in [-0.3, -0.25) is 15.5 Å². The monoisotopic (exact) mass is 356 g/mol. The van der Waals surface area contributed by atoms with Gasteiger partial charge in [-0.05, 0) is 41.1 Å². The van der Waals surface area contributed by atoms with Crippen LogP contribution in [0.5, 0.6) is 0 Å². The molecule has 2 rings (SSSR count). The number of nitrogens with two attached hydrogens (primary N) is 1. The van der Waals surface area contributed by atoms with Gasteiger partial charge in [0.05, 0.1) is 10.6 Å². The number of hydrogen-bond donors (Lipinski definition) is 3. The zero-order valence-electron chi connectivity index (χ0n) is 10.7. The van der Waals surface area contributed by atoms with Crippen LogP contribution < -0.4 is 16.6 Å². The van der Waals surface area contributed by atoms with Crippen molar-refractivity contribution in [3.8, 4) is 0 Å². The molecule has 0 fully saturated rings. The summed E-state index contributed by atoms with van der Waals surface area (Å²) >= 11 is 3.16. The molecule has 21 heavy (non-hydrogen) atoms. The summed E-state index contributed by atoms with van der Waals surface area (Å²) in [6, 6.07) is 3.87. The van der Waals surface area contributed by atoms with Gasteiger partial charge in [0.15, 0.2) is 0 Å². The van der Waals surface area contributed by atoms with Crippen LogP contribution in [0.1, 0.15) is 5.69 Å². The third-order valence-electron chi connectivity index (χ3n) is 2.55. The first-order valence-electron chi connectivity index (χ1n) is 5.64. The number of nitrogens with zero attached hydrogens (tertiary/aromatic N) is 3. The maximum Gasteiger partial charge on any atom is 0.332 e. The predicted octanol–water partition coefficient (Wildman–Crippen LogP) is 2.62. The van der Waals surface area contributed by atoms with E-state index in [1.807, 2.05) is 0 Å². The van der Waals surface area contributed by atoms with Crippen LogP contribution in [0.4, 0.5) is 27.5 Å². The Balaban J connectivity index is 2.51. The van der Waals surface area contributed by atoms with Gasteiger partial charge in [-0.15, -0.1) is 0 Å². The molecule has 10 heteroatoms. The van der Waals surface area contributed by atoms with Crippen LogP contribution in [0, 0.1) is 22.9 Å². The van der Waals surface area contributed by atoms with E-state index in [9.17, 15) is 14.5 Å². The van der Waals surface area contributed by atoms with Gasteiger partial charge in [-0.1, -0.05) is 0 Å². The van der Waals surface area contributed by atoms with Crippen molar-refractivity contribution in [2.75, 3.05) is 10.7 Å². The van der Waals surface area contributed by atoms with Crippen molar-refractivity contribution in [3.63, 3.8) is 0 Å². The first kappa shape index (κ1) is 15.1. The second-order valence-electron chi connectivity index (χ2n) is 3.98. The van der Waals surface area contributed by atoms with E-state index < -0.39 is 10.7 Å². The third-order valence-corrected chi connectivity index (χ3v) is 3.21. The van der Waals surface area contributed by atoms with E-state index in [4.69, 9.17) is 5.84 Å². The number of halogens is 2. The Bertz CT molecular complexity index is 711. The molecule has 0 bridgehead atoms. The van der Waals surface area contributed by atoms with Crippen LogP contribution in [-0.2, 0) is 0 Å². The predicted molar refractivity (Wildman–Crippen MR) is 78.6 cm³/mol. The van der Waals surface area contributed by atoms with Crippen molar-refractivity contribution in [2.45, 2.75) is 6.92 Å². The Kier molecular flexibility index (Phi) is 4.29. The molecule has 0 saturated carbocycles. The minimum Gasteiger partial charge on any atom is -0.333 e. The number of hydrazine groups is 1. The van der Waals surface area contributed by atoms with E-state index in [0.717, 1.165) is 0 Å². The van der Waals surface area contributed by atoms with E-state index in [1.54, 1.807) is 0 Å². The number of nitrogen functional groups attached to an aromatic ring is 1. The van der Waals surface area contributed by atoms with E-state index in [-0.39, 0.29) is 23.1 Å². The minimum absolute atomic E-state index is 0.0267. The second-order valence-corrected chi connectivity index (χ2v) is 4.83. The Morgan fingerprint density at radius 1 is 1.43 bits per heavy atom. The lowest BCUT2D eigenvalue weighted by Crippen LogP contribution is -2.13. The molecule has 110 valence electrons. The molecular weight excluding hydrogens is 347 g/mol. The number of aryl methyl sites for hydroxylation is 1. The van der Waals surface area contributed by atoms with Crippen LogP contribution >= 0.6 is 15.9 Å². The summed E-state index contributed by atoms with van der Waals surface area (Å²) in [4.78, 5) is 18.3. The Morgan fingerprint density at radius 2 is 2.14 bits per heavy atom. The van der Waals surface area contributed by atoms with Gasteiger partial charge in [0.25, 0.3) is 0 Å². The fourth-order valence-corrected chi connectivity index (χ4v) is 2.11. The molecule has 1 aromatic carbocycles. The number of benzene rings is 1. The maximum atomic E-state index is 13.1. The Labute approximate surface area is 126 Å². The second kappa shape index (κ2) is 5.97. The lowest BCUT2D eigenvalue weighted by molar-refractivity contribution is -0.385. The van der Waals surface area contributed by atoms with Gasteiger partial charge >= 0.3 is 5.69 Å². The molecule has 0 aliphatic heterocycles. The zero-order chi connectivity index (χ0) is 15.6. The third kappa shape index (κ3) is 3.23. The molecule has 0 amide bonds. The molecule has 2 aromatic rings. The molecule has 0 atom stereocenters. The lowest BCUT2D eigenvalue weighted by Gasteiger charge is -2.10. The fourth-order valence-electron chi connectivity index (χ4n) is 1.66. The largest absolute Gasteiger partial charge is 0.333 e. The average molecular weight is 357 g/mol. The molecule has 0 spiro atoms. The number of nitro groups is 1. The molecule has 1 aromatic heterocycles. The van der Waals surface area contributed by atoms with Crippen molar-refractivity contribution in [2.24, 2.45) is 5.84 Å². The number of anilines is 3. The molecule has 8 nitrogen and oxygen atoms in total. The maximum absolute atomic E-state index is 13.1. The van der Waals surface area contributed by atoms with Gasteiger partial charge in [-0.2, -0.15) is 4.98 Å². The first-order valence-corrected chi connectivity index (χ1v) is 6.43. The first-order chi connectivity index (χ1) is 9.92. The summed E-state index contributed by atoms with van der Waals surface area (Å²) in [5, 5.41) is 13.9. The number of aromatic nitrogens is 2. The van der Waals surface area contributed by atoms with E-state index in [0.29, 0.717) is 10.2 Å². The normalized spacial score (nSPS) is 10.3. The summed E-state index contributed by atoms with van der Waals surface area (Å²) in [6.07, 6.45) is 0. The van der Waals surface area contributed by atoms with Gasteiger partial charge in [0, 0.05) is 4.47 Å². The van der Waals surface area contributed by atoms with Crippen LogP contribution in [0.3, 0.4) is 0 Å². The van der Waals surface area contributed by atoms with E-state index in [2.05, 4.69) is 36.6 Å². The lowest BCUT2D eigenvalue weighted by atomic mass is 10.3. The number of nitrogens with one attached hydrogen (secondary N) is 2. The quantitative estimate of drug-likeness (QED) is 0.437. The highest BCUT2D eigenvalue weighted by Crippen LogP contribution is 2.32. The smallest absolute Gasteiger partial charge is 0.332 e. The van der Waals surface area contributed by atoms with Crippen LogP contribution in [0.2, 0.25) is 0 Å². The van der Waals surface area contributed by atoms with Gasteiger partial charge < -0.3 is 5.32 Å².